The zero-order valence-electron chi connectivity index (χ0n) is 14.5. The number of nitrogens with zero attached hydrogens (tertiary/aromatic N) is 3. The number of carbonyl (C=O) groups is 1. The van der Waals surface area contributed by atoms with Gasteiger partial charge in [-0.15, -0.1) is 5.10 Å². The molecule has 0 saturated heterocycles. The van der Waals surface area contributed by atoms with Gasteiger partial charge in [-0.2, -0.15) is 0 Å². The highest BCUT2D eigenvalue weighted by Crippen LogP contribution is 2.17. The number of hydrogen-bond acceptors (Lipinski definition) is 3. The van der Waals surface area contributed by atoms with Crippen molar-refractivity contribution in [2.45, 2.75) is 20.3 Å². The number of rotatable bonds is 5. The summed E-state index contributed by atoms with van der Waals surface area (Å²) < 4.78 is 15.3. The number of halogens is 2. The summed E-state index contributed by atoms with van der Waals surface area (Å²) in [6.45, 7) is 4.24. The van der Waals surface area contributed by atoms with Crippen molar-refractivity contribution in [3.8, 4) is 5.69 Å². The first-order valence-electron chi connectivity index (χ1n) is 8.17. The summed E-state index contributed by atoms with van der Waals surface area (Å²) in [5.74, 6) is -0.580. The predicted octanol–water partition coefficient (Wildman–Crippen LogP) is 3.76. The molecule has 0 atom stereocenters. The molecule has 3 rings (SSSR count). The van der Waals surface area contributed by atoms with Gasteiger partial charge in [-0.25, -0.2) is 9.07 Å². The number of amides is 1. The Kier molecular flexibility index (Phi) is 5.46. The first-order chi connectivity index (χ1) is 12.5. The second-order valence-electron chi connectivity index (χ2n) is 6.03. The van der Waals surface area contributed by atoms with E-state index in [2.05, 4.69) is 31.6 Å². The molecular weight excluding hydrogens is 399 g/mol. The van der Waals surface area contributed by atoms with Crippen molar-refractivity contribution in [2.24, 2.45) is 0 Å². The monoisotopic (exact) mass is 416 g/mol. The second kappa shape index (κ2) is 7.78. The van der Waals surface area contributed by atoms with E-state index in [0.717, 1.165) is 16.8 Å². The number of hydrogen-bond donors (Lipinski definition) is 1. The zero-order chi connectivity index (χ0) is 18.7. The van der Waals surface area contributed by atoms with Crippen molar-refractivity contribution in [1.82, 2.24) is 20.3 Å². The van der Waals surface area contributed by atoms with Crippen molar-refractivity contribution in [1.29, 1.82) is 0 Å². The smallest absolute Gasteiger partial charge is 0.273 e. The fraction of sp³-hybridized carbons (Fsp3) is 0.211. The van der Waals surface area contributed by atoms with E-state index in [1.807, 2.05) is 38.1 Å². The summed E-state index contributed by atoms with van der Waals surface area (Å²) in [4.78, 5) is 12.4. The molecule has 1 heterocycles. The predicted molar refractivity (Wildman–Crippen MR) is 101 cm³/mol. The molecule has 0 saturated carbocycles. The Morgan fingerprint density at radius 1 is 1.23 bits per heavy atom. The molecule has 0 bridgehead atoms. The third kappa shape index (κ3) is 3.99. The highest BCUT2D eigenvalue weighted by molar-refractivity contribution is 9.10. The lowest BCUT2D eigenvalue weighted by atomic mass is 10.1. The average Bonchev–Trinajstić information content (AvgIpc) is 2.99. The van der Waals surface area contributed by atoms with Crippen molar-refractivity contribution >= 4 is 21.8 Å². The zero-order valence-corrected chi connectivity index (χ0v) is 16.0. The summed E-state index contributed by atoms with van der Waals surface area (Å²) >= 11 is 3.16. The maximum Gasteiger partial charge on any atom is 0.273 e. The minimum atomic E-state index is -0.304. The van der Waals surface area contributed by atoms with Crippen LogP contribution >= 0.6 is 15.9 Å². The molecule has 2 aromatic carbocycles. The van der Waals surface area contributed by atoms with Gasteiger partial charge in [0.25, 0.3) is 5.91 Å². The summed E-state index contributed by atoms with van der Waals surface area (Å²) in [7, 11) is 0. The summed E-state index contributed by atoms with van der Waals surface area (Å²) in [5, 5.41) is 10.9. The Morgan fingerprint density at radius 3 is 2.77 bits per heavy atom. The molecule has 0 aliphatic carbocycles. The SMILES string of the molecule is Cc1cccc(-n2nnc(C(=O)NCCc3ccc(F)c(Br)c3)c2C)c1. The Morgan fingerprint density at radius 2 is 2.04 bits per heavy atom. The Labute approximate surface area is 159 Å². The van der Waals surface area contributed by atoms with Crippen LogP contribution < -0.4 is 5.32 Å². The van der Waals surface area contributed by atoms with Gasteiger partial charge in [0, 0.05) is 6.54 Å². The molecule has 3 aromatic rings. The molecular formula is C19H18BrFN4O. The highest BCUT2D eigenvalue weighted by Gasteiger charge is 2.17. The largest absolute Gasteiger partial charge is 0.350 e. The molecule has 5 nitrogen and oxygen atoms in total. The molecule has 1 N–H and O–H groups in total. The van der Waals surface area contributed by atoms with Crippen LogP contribution in [0.1, 0.15) is 27.3 Å². The molecule has 1 amide bonds. The van der Waals surface area contributed by atoms with Crippen LogP contribution in [0, 0.1) is 19.7 Å². The van der Waals surface area contributed by atoms with Crippen LogP contribution in [0.25, 0.3) is 5.69 Å². The summed E-state index contributed by atoms with van der Waals surface area (Å²) in [6.07, 6.45) is 0.593. The molecule has 134 valence electrons. The molecule has 26 heavy (non-hydrogen) atoms. The number of benzene rings is 2. The number of carbonyl (C=O) groups excluding carboxylic acids is 1. The average molecular weight is 417 g/mol. The van der Waals surface area contributed by atoms with Crippen molar-refractivity contribution in [2.75, 3.05) is 6.54 Å². The number of aryl methyl sites for hydroxylation is 1. The molecule has 0 aliphatic heterocycles. The van der Waals surface area contributed by atoms with E-state index >= 15 is 0 Å². The van der Waals surface area contributed by atoms with Gasteiger partial charge in [0.15, 0.2) is 5.69 Å². The lowest BCUT2D eigenvalue weighted by Crippen LogP contribution is -2.26. The Bertz CT molecular complexity index is 954. The fourth-order valence-corrected chi connectivity index (χ4v) is 3.07. The van der Waals surface area contributed by atoms with E-state index in [4.69, 9.17) is 0 Å². The van der Waals surface area contributed by atoms with E-state index in [-0.39, 0.29) is 11.7 Å². The molecule has 1 aromatic heterocycles. The minimum absolute atomic E-state index is 0.275. The van der Waals surface area contributed by atoms with Crippen LogP contribution in [0.15, 0.2) is 46.9 Å². The topological polar surface area (TPSA) is 59.8 Å². The Balaban J connectivity index is 1.66. The van der Waals surface area contributed by atoms with Gasteiger partial charge in [0.05, 0.1) is 15.9 Å². The van der Waals surface area contributed by atoms with Gasteiger partial charge < -0.3 is 5.32 Å². The van der Waals surface area contributed by atoms with Crippen LogP contribution in [0.4, 0.5) is 4.39 Å². The van der Waals surface area contributed by atoms with E-state index in [1.54, 1.807) is 16.8 Å². The van der Waals surface area contributed by atoms with Gasteiger partial charge in [-0.1, -0.05) is 23.4 Å². The van der Waals surface area contributed by atoms with E-state index in [9.17, 15) is 9.18 Å². The van der Waals surface area contributed by atoms with E-state index in [1.165, 1.54) is 6.07 Å². The summed E-state index contributed by atoms with van der Waals surface area (Å²) in [6, 6.07) is 12.6. The lowest BCUT2D eigenvalue weighted by Gasteiger charge is -2.06. The van der Waals surface area contributed by atoms with Gasteiger partial charge >= 0.3 is 0 Å². The van der Waals surface area contributed by atoms with Crippen LogP contribution in [-0.4, -0.2) is 27.4 Å². The van der Waals surface area contributed by atoms with Crippen LogP contribution in [-0.2, 0) is 6.42 Å². The molecule has 0 fully saturated rings. The van der Waals surface area contributed by atoms with E-state index < -0.39 is 0 Å². The molecule has 0 spiro atoms. The number of nitrogens with one attached hydrogen (secondary N) is 1. The molecule has 0 aliphatic rings. The van der Waals surface area contributed by atoms with Crippen molar-refractivity contribution < 1.29 is 9.18 Å². The van der Waals surface area contributed by atoms with Crippen molar-refractivity contribution in [3.05, 3.63) is 75.3 Å². The quantitative estimate of drug-likeness (QED) is 0.688. The van der Waals surface area contributed by atoms with Crippen LogP contribution in [0.5, 0.6) is 0 Å². The van der Waals surface area contributed by atoms with Gasteiger partial charge in [0.2, 0.25) is 0 Å². The third-order valence-electron chi connectivity index (χ3n) is 4.04. The fourth-order valence-electron chi connectivity index (χ4n) is 2.64. The molecule has 7 heteroatoms. The van der Waals surface area contributed by atoms with Gasteiger partial charge in [0.1, 0.15) is 5.82 Å². The highest BCUT2D eigenvalue weighted by atomic mass is 79.9. The second-order valence-corrected chi connectivity index (χ2v) is 6.88. The van der Waals surface area contributed by atoms with Gasteiger partial charge in [-0.3, -0.25) is 4.79 Å². The first-order valence-corrected chi connectivity index (χ1v) is 8.96. The molecule has 0 unspecified atom stereocenters. The molecule has 0 radical (unpaired) electrons. The van der Waals surface area contributed by atoms with Crippen LogP contribution in [0.2, 0.25) is 0 Å². The Hall–Kier alpha value is -2.54. The van der Waals surface area contributed by atoms with Crippen LogP contribution in [0.3, 0.4) is 0 Å². The lowest BCUT2D eigenvalue weighted by molar-refractivity contribution is 0.0948. The van der Waals surface area contributed by atoms with E-state index in [0.29, 0.717) is 28.8 Å². The van der Waals surface area contributed by atoms with Gasteiger partial charge in [-0.05, 0) is 71.6 Å². The number of aromatic nitrogens is 3. The normalized spacial score (nSPS) is 10.8. The first kappa shape index (κ1) is 18.3. The maximum atomic E-state index is 13.2. The summed E-state index contributed by atoms with van der Waals surface area (Å²) in [5.41, 5.74) is 3.88. The standard InChI is InChI=1S/C19H18BrFN4O/c1-12-4-3-5-15(10-12)25-13(2)18(23-24-25)19(26)22-9-8-14-6-7-17(21)16(20)11-14/h3-7,10-11H,8-9H2,1-2H3,(H,22,26). The van der Waals surface area contributed by atoms with Crippen molar-refractivity contribution in [3.63, 3.8) is 0 Å². The third-order valence-corrected chi connectivity index (χ3v) is 4.65. The maximum absolute atomic E-state index is 13.2. The minimum Gasteiger partial charge on any atom is -0.350 e.